The van der Waals surface area contributed by atoms with Gasteiger partial charge in [-0.3, -0.25) is 0 Å². The Hall–Kier alpha value is -2.10. The molecule has 1 aromatic heterocycles. The standard InChI is InChI=1S/C16H21N3O/c1-5-8-17-16-12(3)15(18-10-19-16)13-9-11(2)6-7-14(13)20-4/h6-7,9-10H,5,8H2,1-4H3,(H,17,18,19). The van der Waals surface area contributed by atoms with E-state index in [-0.39, 0.29) is 0 Å². The summed E-state index contributed by atoms with van der Waals surface area (Å²) in [5, 5.41) is 3.33. The highest BCUT2D eigenvalue weighted by atomic mass is 16.5. The SMILES string of the molecule is CCCNc1ncnc(-c2cc(C)ccc2OC)c1C. The van der Waals surface area contributed by atoms with Crippen molar-refractivity contribution in [2.75, 3.05) is 19.0 Å². The summed E-state index contributed by atoms with van der Waals surface area (Å²) in [6.45, 7) is 7.14. The van der Waals surface area contributed by atoms with Gasteiger partial charge in [-0.25, -0.2) is 9.97 Å². The summed E-state index contributed by atoms with van der Waals surface area (Å²) in [6, 6.07) is 6.11. The number of hydrogen-bond acceptors (Lipinski definition) is 4. The van der Waals surface area contributed by atoms with Crippen LogP contribution in [0.5, 0.6) is 5.75 Å². The second kappa shape index (κ2) is 6.37. The Morgan fingerprint density at radius 2 is 2.00 bits per heavy atom. The smallest absolute Gasteiger partial charge is 0.132 e. The number of nitrogens with zero attached hydrogens (tertiary/aromatic N) is 2. The van der Waals surface area contributed by atoms with Gasteiger partial charge in [0.1, 0.15) is 17.9 Å². The second-order valence-electron chi connectivity index (χ2n) is 4.83. The molecule has 0 spiro atoms. The number of rotatable bonds is 5. The predicted octanol–water partition coefficient (Wildman–Crippen LogP) is 3.59. The maximum Gasteiger partial charge on any atom is 0.132 e. The lowest BCUT2D eigenvalue weighted by Crippen LogP contribution is -2.06. The van der Waals surface area contributed by atoms with Crippen LogP contribution in [0.25, 0.3) is 11.3 Å². The minimum absolute atomic E-state index is 0.832. The molecule has 2 aromatic rings. The first-order valence-electron chi connectivity index (χ1n) is 6.87. The highest BCUT2D eigenvalue weighted by molar-refractivity contribution is 5.73. The monoisotopic (exact) mass is 271 g/mol. The maximum absolute atomic E-state index is 5.45. The molecule has 1 heterocycles. The lowest BCUT2D eigenvalue weighted by Gasteiger charge is -2.14. The Morgan fingerprint density at radius 3 is 2.70 bits per heavy atom. The molecule has 0 radical (unpaired) electrons. The molecule has 0 unspecified atom stereocenters. The zero-order valence-electron chi connectivity index (χ0n) is 12.5. The highest BCUT2D eigenvalue weighted by Gasteiger charge is 2.13. The van der Waals surface area contributed by atoms with Crippen LogP contribution in [0.15, 0.2) is 24.5 Å². The van der Waals surface area contributed by atoms with Crippen molar-refractivity contribution in [3.63, 3.8) is 0 Å². The van der Waals surface area contributed by atoms with E-state index in [0.29, 0.717) is 0 Å². The Labute approximate surface area is 120 Å². The molecule has 2 rings (SSSR count). The number of nitrogens with one attached hydrogen (secondary N) is 1. The van der Waals surface area contributed by atoms with Crippen LogP contribution in [0.2, 0.25) is 0 Å². The number of anilines is 1. The Morgan fingerprint density at radius 1 is 1.20 bits per heavy atom. The second-order valence-corrected chi connectivity index (χ2v) is 4.83. The van der Waals surface area contributed by atoms with Crippen LogP contribution in [0.3, 0.4) is 0 Å². The van der Waals surface area contributed by atoms with E-state index in [2.05, 4.69) is 35.2 Å². The highest BCUT2D eigenvalue weighted by Crippen LogP contribution is 2.33. The van der Waals surface area contributed by atoms with Crippen molar-refractivity contribution in [2.24, 2.45) is 0 Å². The Bertz CT molecular complexity index is 596. The van der Waals surface area contributed by atoms with Gasteiger partial charge in [0.15, 0.2) is 0 Å². The summed E-state index contributed by atoms with van der Waals surface area (Å²) in [4.78, 5) is 8.75. The number of hydrogen-bond donors (Lipinski definition) is 1. The number of aryl methyl sites for hydroxylation is 1. The molecule has 0 saturated carbocycles. The fourth-order valence-electron chi connectivity index (χ4n) is 2.15. The van der Waals surface area contributed by atoms with Crippen molar-refractivity contribution in [1.82, 2.24) is 9.97 Å². The Kier molecular flexibility index (Phi) is 4.56. The summed E-state index contributed by atoms with van der Waals surface area (Å²) < 4.78 is 5.45. The summed E-state index contributed by atoms with van der Waals surface area (Å²) in [5.41, 5.74) is 4.15. The number of benzene rings is 1. The van der Waals surface area contributed by atoms with Gasteiger partial charge in [-0.1, -0.05) is 18.6 Å². The average molecular weight is 271 g/mol. The molecule has 106 valence electrons. The van der Waals surface area contributed by atoms with Crippen LogP contribution in [-0.2, 0) is 0 Å². The van der Waals surface area contributed by atoms with Gasteiger partial charge >= 0.3 is 0 Å². The minimum Gasteiger partial charge on any atom is -0.496 e. The van der Waals surface area contributed by atoms with Crippen molar-refractivity contribution >= 4 is 5.82 Å². The first-order chi connectivity index (χ1) is 9.67. The molecule has 0 bridgehead atoms. The van der Waals surface area contributed by atoms with Crippen molar-refractivity contribution in [2.45, 2.75) is 27.2 Å². The van der Waals surface area contributed by atoms with Gasteiger partial charge in [-0.15, -0.1) is 0 Å². The molecule has 4 nitrogen and oxygen atoms in total. The zero-order valence-corrected chi connectivity index (χ0v) is 12.5. The molecule has 0 aliphatic heterocycles. The van der Waals surface area contributed by atoms with Crippen molar-refractivity contribution in [3.05, 3.63) is 35.7 Å². The quantitative estimate of drug-likeness (QED) is 0.902. The van der Waals surface area contributed by atoms with Gasteiger partial charge < -0.3 is 10.1 Å². The molecule has 0 fully saturated rings. The van der Waals surface area contributed by atoms with E-state index < -0.39 is 0 Å². The van der Waals surface area contributed by atoms with E-state index in [1.807, 2.05) is 19.1 Å². The summed E-state index contributed by atoms with van der Waals surface area (Å²) >= 11 is 0. The van der Waals surface area contributed by atoms with Crippen molar-refractivity contribution in [1.29, 1.82) is 0 Å². The molecule has 0 atom stereocenters. The van der Waals surface area contributed by atoms with E-state index >= 15 is 0 Å². The van der Waals surface area contributed by atoms with E-state index in [1.54, 1.807) is 13.4 Å². The molecule has 20 heavy (non-hydrogen) atoms. The topological polar surface area (TPSA) is 47.0 Å². The van der Waals surface area contributed by atoms with Crippen LogP contribution in [0.4, 0.5) is 5.82 Å². The number of methoxy groups -OCH3 is 1. The average Bonchev–Trinajstić information content (AvgIpc) is 2.46. The molecule has 0 amide bonds. The predicted molar refractivity (Wildman–Crippen MR) is 82.3 cm³/mol. The van der Waals surface area contributed by atoms with Gasteiger partial charge in [0.25, 0.3) is 0 Å². The van der Waals surface area contributed by atoms with E-state index in [1.165, 1.54) is 5.56 Å². The lowest BCUT2D eigenvalue weighted by atomic mass is 10.0. The van der Waals surface area contributed by atoms with Crippen LogP contribution >= 0.6 is 0 Å². The van der Waals surface area contributed by atoms with Gasteiger partial charge in [0.05, 0.1) is 12.8 Å². The molecule has 0 aliphatic rings. The van der Waals surface area contributed by atoms with Crippen LogP contribution in [0, 0.1) is 13.8 Å². The van der Waals surface area contributed by atoms with Crippen molar-refractivity contribution < 1.29 is 4.74 Å². The third-order valence-corrected chi connectivity index (χ3v) is 3.24. The summed E-state index contributed by atoms with van der Waals surface area (Å²) in [6.07, 6.45) is 2.66. The Balaban J connectivity index is 2.50. The van der Waals surface area contributed by atoms with Crippen LogP contribution in [0.1, 0.15) is 24.5 Å². The fraction of sp³-hybridized carbons (Fsp3) is 0.375. The van der Waals surface area contributed by atoms with Crippen molar-refractivity contribution in [3.8, 4) is 17.0 Å². The van der Waals surface area contributed by atoms with Gasteiger partial charge in [0, 0.05) is 17.7 Å². The maximum atomic E-state index is 5.45. The van der Waals surface area contributed by atoms with E-state index in [9.17, 15) is 0 Å². The summed E-state index contributed by atoms with van der Waals surface area (Å²) in [7, 11) is 1.68. The molecule has 4 heteroatoms. The van der Waals surface area contributed by atoms with Crippen LogP contribution < -0.4 is 10.1 Å². The number of ether oxygens (including phenoxy) is 1. The third kappa shape index (κ3) is 2.90. The van der Waals surface area contributed by atoms with E-state index in [0.717, 1.165) is 41.4 Å². The third-order valence-electron chi connectivity index (χ3n) is 3.24. The molecule has 1 N–H and O–H groups in total. The first kappa shape index (κ1) is 14.3. The molecular weight excluding hydrogens is 250 g/mol. The zero-order chi connectivity index (χ0) is 14.5. The lowest BCUT2D eigenvalue weighted by molar-refractivity contribution is 0.416. The molecule has 0 aliphatic carbocycles. The summed E-state index contributed by atoms with van der Waals surface area (Å²) in [5.74, 6) is 1.72. The van der Waals surface area contributed by atoms with Gasteiger partial charge in [-0.2, -0.15) is 0 Å². The van der Waals surface area contributed by atoms with Gasteiger partial charge in [-0.05, 0) is 32.4 Å². The first-order valence-corrected chi connectivity index (χ1v) is 6.87. The number of aromatic nitrogens is 2. The molecule has 0 saturated heterocycles. The molecular formula is C16H21N3O. The van der Waals surface area contributed by atoms with Crippen LogP contribution in [-0.4, -0.2) is 23.6 Å². The largest absolute Gasteiger partial charge is 0.496 e. The van der Waals surface area contributed by atoms with E-state index in [4.69, 9.17) is 4.74 Å². The normalized spacial score (nSPS) is 10.4. The van der Waals surface area contributed by atoms with Gasteiger partial charge in [0.2, 0.25) is 0 Å². The minimum atomic E-state index is 0.832. The molecule has 1 aromatic carbocycles. The fourth-order valence-corrected chi connectivity index (χ4v) is 2.15.